The van der Waals surface area contributed by atoms with E-state index in [9.17, 15) is 14.3 Å². The summed E-state index contributed by atoms with van der Waals surface area (Å²) in [6.07, 6.45) is -0.942. The maximum absolute atomic E-state index is 12.8. The van der Waals surface area contributed by atoms with Gasteiger partial charge in [0.2, 0.25) is 0 Å². The Balaban J connectivity index is 1.94. The lowest BCUT2D eigenvalue weighted by molar-refractivity contribution is -0.139. The van der Waals surface area contributed by atoms with Gasteiger partial charge in [0.25, 0.3) is 5.91 Å². The minimum Gasteiger partial charge on any atom is -0.384 e. The second kappa shape index (κ2) is 5.35. The van der Waals surface area contributed by atoms with Crippen molar-refractivity contribution in [2.45, 2.75) is 13.0 Å². The molecule has 1 aliphatic heterocycles. The van der Waals surface area contributed by atoms with Crippen molar-refractivity contribution in [3.63, 3.8) is 0 Å². The number of rotatable bonds is 2. The van der Waals surface area contributed by atoms with E-state index in [0.29, 0.717) is 26.2 Å². The normalized spacial score (nSPS) is 17.7. The molecule has 1 amide bonds. The van der Waals surface area contributed by atoms with E-state index >= 15 is 0 Å². The third-order valence-electron chi connectivity index (χ3n) is 3.14. The number of anilines is 1. The summed E-state index contributed by atoms with van der Waals surface area (Å²) in [5, 5.41) is 9.24. The lowest BCUT2D eigenvalue weighted by Crippen LogP contribution is -2.51. The van der Waals surface area contributed by atoms with E-state index in [2.05, 4.69) is 4.90 Å². The number of aliphatic hydroxyl groups is 1. The van der Waals surface area contributed by atoms with Crippen LogP contribution in [0.3, 0.4) is 0 Å². The van der Waals surface area contributed by atoms with E-state index in [1.807, 2.05) is 0 Å². The molecule has 1 heterocycles. The van der Waals surface area contributed by atoms with E-state index < -0.39 is 6.10 Å². The number of hydrogen-bond acceptors (Lipinski definition) is 3. The van der Waals surface area contributed by atoms with Gasteiger partial charge in [0.1, 0.15) is 11.9 Å². The van der Waals surface area contributed by atoms with Crippen LogP contribution in [0.2, 0.25) is 0 Å². The number of halogens is 1. The van der Waals surface area contributed by atoms with Gasteiger partial charge >= 0.3 is 0 Å². The molecule has 0 aliphatic carbocycles. The number of amides is 1. The molecule has 0 aromatic heterocycles. The Bertz CT molecular complexity index is 412. The molecule has 0 bridgehead atoms. The SMILES string of the molecule is CC(O)C(=O)N1CCN(c2ccc(F)cc2)CC1. The van der Waals surface area contributed by atoms with E-state index in [0.717, 1.165) is 5.69 Å². The lowest BCUT2D eigenvalue weighted by atomic mass is 10.2. The van der Waals surface area contributed by atoms with Gasteiger partial charge in [-0.15, -0.1) is 0 Å². The van der Waals surface area contributed by atoms with Gasteiger partial charge < -0.3 is 14.9 Å². The van der Waals surface area contributed by atoms with Crippen molar-refractivity contribution >= 4 is 11.6 Å². The molecule has 18 heavy (non-hydrogen) atoms. The van der Waals surface area contributed by atoms with Crippen LogP contribution in [-0.4, -0.2) is 48.2 Å². The van der Waals surface area contributed by atoms with Crippen LogP contribution < -0.4 is 4.90 Å². The molecule has 98 valence electrons. The van der Waals surface area contributed by atoms with Gasteiger partial charge in [0.05, 0.1) is 0 Å². The number of aliphatic hydroxyl groups excluding tert-OH is 1. The molecule has 1 fully saturated rings. The predicted molar refractivity (Wildman–Crippen MR) is 66.9 cm³/mol. The van der Waals surface area contributed by atoms with Crippen molar-refractivity contribution in [3.05, 3.63) is 30.1 Å². The summed E-state index contributed by atoms with van der Waals surface area (Å²) < 4.78 is 12.8. The second-order valence-corrected chi connectivity index (χ2v) is 4.46. The molecule has 4 nitrogen and oxygen atoms in total. The molecular formula is C13H17FN2O2. The molecule has 0 saturated carbocycles. The van der Waals surface area contributed by atoms with Crippen LogP contribution in [0.25, 0.3) is 0 Å². The summed E-state index contributed by atoms with van der Waals surface area (Å²) in [6, 6.07) is 6.34. The smallest absolute Gasteiger partial charge is 0.251 e. The first-order chi connectivity index (χ1) is 8.58. The zero-order chi connectivity index (χ0) is 13.1. The zero-order valence-electron chi connectivity index (χ0n) is 10.3. The molecule has 1 N–H and O–H groups in total. The average molecular weight is 252 g/mol. The van der Waals surface area contributed by atoms with Crippen molar-refractivity contribution in [3.8, 4) is 0 Å². The quantitative estimate of drug-likeness (QED) is 0.849. The lowest BCUT2D eigenvalue weighted by Gasteiger charge is -2.36. The Morgan fingerprint density at radius 1 is 1.22 bits per heavy atom. The topological polar surface area (TPSA) is 43.8 Å². The summed E-state index contributed by atoms with van der Waals surface area (Å²) in [5.74, 6) is -0.476. The first-order valence-corrected chi connectivity index (χ1v) is 6.05. The van der Waals surface area contributed by atoms with Crippen LogP contribution in [0.15, 0.2) is 24.3 Å². The molecule has 1 saturated heterocycles. The second-order valence-electron chi connectivity index (χ2n) is 4.46. The molecular weight excluding hydrogens is 235 g/mol. The Hall–Kier alpha value is -1.62. The summed E-state index contributed by atoms with van der Waals surface area (Å²) in [5.41, 5.74) is 0.959. The summed E-state index contributed by atoms with van der Waals surface area (Å²) >= 11 is 0. The maximum atomic E-state index is 12.8. The number of nitrogens with zero attached hydrogens (tertiary/aromatic N) is 2. The highest BCUT2D eigenvalue weighted by Crippen LogP contribution is 2.17. The van der Waals surface area contributed by atoms with E-state index in [-0.39, 0.29) is 11.7 Å². The van der Waals surface area contributed by atoms with Gasteiger partial charge in [-0.3, -0.25) is 4.79 Å². The minimum absolute atomic E-state index is 0.228. The van der Waals surface area contributed by atoms with Crippen LogP contribution in [-0.2, 0) is 4.79 Å². The van der Waals surface area contributed by atoms with Gasteiger partial charge in [-0.25, -0.2) is 4.39 Å². The molecule has 0 spiro atoms. The number of benzene rings is 1. The van der Waals surface area contributed by atoms with Crippen molar-refractivity contribution in [1.29, 1.82) is 0 Å². The van der Waals surface area contributed by atoms with Gasteiger partial charge in [0, 0.05) is 31.9 Å². The Labute approximate surface area is 106 Å². The third-order valence-corrected chi connectivity index (χ3v) is 3.14. The molecule has 5 heteroatoms. The van der Waals surface area contributed by atoms with E-state index in [1.165, 1.54) is 19.1 Å². The fraction of sp³-hybridized carbons (Fsp3) is 0.462. The molecule has 1 aromatic rings. The number of piperazine rings is 1. The average Bonchev–Trinajstić information content (AvgIpc) is 2.39. The minimum atomic E-state index is -0.942. The Kier molecular flexibility index (Phi) is 3.81. The van der Waals surface area contributed by atoms with Crippen LogP contribution >= 0.6 is 0 Å². The monoisotopic (exact) mass is 252 g/mol. The van der Waals surface area contributed by atoms with Crippen molar-refractivity contribution in [2.75, 3.05) is 31.1 Å². The van der Waals surface area contributed by atoms with Gasteiger partial charge in [-0.05, 0) is 31.2 Å². The summed E-state index contributed by atoms with van der Waals surface area (Å²) in [7, 11) is 0. The highest BCUT2D eigenvalue weighted by molar-refractivity contribution is 5.80. The van der Waals surface area contributed by atoms with Crippen molar-refractivity contribution < 1.29 is 14.3 Å². The first-order valence-electron chi connectivity index (χ1n) is 6.05. The molecule has 1 atom stereocenters. The Morgan fingerprint density at radius 3 is 2.28 bits per heavy atom. The fourth-order valence-corrected chi connectivity index (χ4v) is 2.10. The van der Waals surface area contributed by atoms with Gasteiger partial charge in [-0.2, -0.15) is 0 Å². The third kappa shape index (κ3) is 2.79. The zero-order valence-corrected chi connectivity index (χ0v) is 10.3. The summed E-state index contributed by atoms with van der Waals surface area (Å²) in [4.78, 5) is 15.4. The van der Waals surface area contributed by atoms with E-state index in [1.54, 1.807) is 17.0 Å². The van der Waals surface area contributed by atoms with Crippen LogP contribution in [0.5, 0.6) is 0 Å². The number of carbonyl (C=O) groups is 1. The Morgan fingerprint density at radius 2 is 1.78 bits per heavy atom. The maximum Gasteiger partial charge on any atom is 0.251 e. The largest absolute Gasteiger partial charge is 0.384 e. The molecule has 2 rings (SSSR count). The number of carbonyl (C=O) groups excluding carboxylic acids is 1. The molecule has 1 aliphatic rings. The first kappa shape index (κ1) is 12.8. The highest BCUT2D eigenvalue weighted by Gasteiger charge is 2.23. The molecule has 0 radical (unpaired) electrons. The van der Waals surface area contributed by atoms with Gasteiger partial charge in [-0.1, -0.05) is 0 Å². The van der Waals surface area contributed by atoms with Crippen molar-refractivity contribution in [2.24, 2.45) is 0 Å². The van der Waals surface area contributed by atoms with Crippen LogP contribution in [0, 0.1) is 5.82 Å². The van der Waals surface area contributed by atoms with Crippen LogP contribution in [0.4, 0.5) is 10.1 Å². The molecule has 1 unspecified atom stereocenters. The predicted octanol–water partition coefficient (Wildman–Crippen LogP) is 0.855. The highest BCUT2D eigenvalue weighted by atomic mass is 19.1. The number of hydrogen-bond donors (Lipinski definition) is 1. The van der Waals surface area contributed by atoms with Crippen molar-refractivity contribution in [1.82, 2.24) is 4.90 Å². The molecule has 1 aromatic carbocycles. The van der Waals surface area contributed by atoms with Gasteiger partial charge in [0.15, 0.2) is 0 Å². The summed E-state index contributed by atoms with van der Waals surface area (Å²) in [6.45, 7) is 4.05. The standard InChI is InChI=1S/C13H17FN2O2/c1-10(17)13(18)16-8-6-15(7-9-16)12-4-2-11(14)3-5-12/h2-5,10,17H,6-9H2,1H3. The fourth-order valence-electron chi connectivity index (χ4n) is 2.10. The van der Waals surface area contributed by atoms with E-state index in [4.69, 9.17) is 0 Å². The van der Waals surface area contributed by atoms with Crippen LogP contribution in [0.1, 0.15) is 6.92 Å².